The van der Waals surface area contributed by atoms with Gasteiger partial charge in [-0.05, 0) is 19.8 Å². The molecule has 0 aromatic carbocycles. The van der Waals surface area contributed by atoms with E-state index >= 15 is 0 Å². The Bertz CT molecular complexity index is 447. The third-order valence-corrected chi connectivity index (χ3v) is 3.00. The summed E-state index contributed by atoms with van der Waals surface area (Å²) in [6, 6.07) is 1.92. The molecule has 2 rings (SSSR count). The number of amides is 1. The van der Waals surface area contributed by atoms with Crippen molar-refractivity contribution >= 4 is 11.7 Å². The number of anilines is 1. The highest BCUT2D eigenvalue weighted by atomic mass is 16.2. The quantitative estimate of drug-likeness (QED) is 0.879. The van der Waals surface area contributed by atoms with Crippen molar-refractivity contribution in [1.82, 2.24) is 14.9 Å². The van der Waals surface area contributed by atoms with Gasteiger partial charge in [-0.25, -0.2) is 9.97 Å². The third kappa shape index (κ3) is 2.97. The zero-order valence-corrected chi connectivity index (χ0v) is 11.2. The minimum absolute atomic E-state index is 0.206. The molecule has 1 amide bonds. The van der Waals surface area contributed by atoms with Gasteiger partial charge in [0.05, 0.1) is 6.54 Å². The Morgan fingerprint density at radius 1 is 1.50 bits per heavy atom. The molecule has 1 unspecified atom stereocenters. The lowest BCUT2D eigenvalue weighted by molar-refractivity contribution is -0.128. The molecule has 5 nitrogen and oxygen atoms in total. The molecule has 5 heteroatoms. The van der Waals surface area contributed by atoms with Gasteiger partial charge < -0.3 is 10.2 Å². The molecule has 98 valence electrons. The van der Waals surface area contributed by atoms with Crippen LogP contribution >= 0.6 is 0 Å². The van der Waals surface area contributed by atoms with Crippen molar-refractivity contribution < 1.29 is 4.79 Å². The average Bonchev–Trinajstić information content (AvgIpc) is 2.57. The zero-order valence-electron chi connectivity index (χ0n) is 11.2. The first-order chi connectivity index (χ1) is 8.58. The maximum Gasteiger partial charge on any atom is 0.223 e. The van der Waals surface area contributed by atoms with E-state index in [1.807, 2.05) is 24.8 Å². The van der Waals surface area contributed by atoms with E-state index in [0.29, 0.717) is 24.7 Å². The van der Waals surface area contributed by atoms with Crippen molar-refractivity contribution in [3.63, 3.8) is 0 Å². The first-order valence-electron chi connectivity index (χ1n) is 6.44. The molecule has 18 heavy (non-hydrogen) atoms. The molecule has 0 saturated carbocycles. The van der Waals surface area contributed by atoms with E-state index in [1.54, 1.807) is 0 Å². The minimum Gasteiger partial charge on any atom is -0.370 e. The van der Waals surface area contributed by atoms with E-state index in [9.17, 15) is 4.79 Å². The number of hydrogen-bond donors (Lipinski definition) is 1. The molecule has 1 aliphatic rings. The second-order valence-electron chi connectivity index (χ2n) is 4.92. The van der Waals surface area contributed by atoms with Gasteiger partial charge in [-0.3, -0.25) is 4.79 Å². The van der Waals surface area contributed by atoms with Crippen LogP contribution in [0.25, 0.3) is 0 Å². The summed E-state index contributed by atoms with van der Waals surface area (Å²) in [6.45, 7) is 8.23. The van der Waals surface area contributed by atoms with Crippen LogP contribution in [0.2, 0.25) is 0 Å². The van der Waals surface area contributed by atoms with Crippen molar-refractivity contribution in [2.24, 2.45) is 5.92 Å². The van der Waals surface area contributed by atoms with Crippen LogP contribution in [0.15, 0.2) is 6.07 Å². The molecule has 2 heterocycles. The van der Waals surface area contributed by atoms with Crippen LogP contribution < -0.4 is 5.32 Å². The lowest BCUT2D eigenvalue weighted by Gasteiger charge is -2.15. The number of carbonyl (C=O) groups is 1. The number of nitrogens with zero attached hydrogens (tertiary/aromatic N) is 3. The Balaban J connectivity index is 2.11. The van der Waals surface area contributed by atoms with Gasteiger partial charge in [0.25, 0.3) is 0 Å². The molecule has 1 N–H and O–H groups in total. The number of hydrogen-bond acceptors (Lipinski definition) is 4. The summed E-state index contributed by atoms with van der Waals surface area (Å²) in [7, 11) is 0. The first-order valence-corrected chi connectivity index (χ1v) is 6.44. The third-order valence-electron chi connectivity index (χ3n) is 3.00. The van der Waals surface area contributed by atoms with E-state index in [-0.39, 0.29) is 5.91 Å². The molecule has 1 aromatic rings. The van der Waals surface area contributed by atoms with Crippen LogP contribution in [0.3, 0.4) is 0 Å². The summed E-state index contributed by atoms with van der Waals surface area (Å²) >= 11 is 0. The Labute approximate surface area is 108 Å². The molecule has 1 aromatic heterocycles. The summed E-state index contributed by atoms with van der Waals surface area (Å²) in [4.78, 5) is 22.4. The Morgan fingerprint density at radius 3 is 2.89 bits per heavy atom. The standard InChI is InChI=1S/C13H20N4O/c1-4-14-11-6-10(3)15-12(16-11)8-17-7-9(2)5-13(17)18/h6,9H,4-5,7-8H2,1-3H3,(H,14,15,16). The van der Waals surface area contributed by atoms with Gasteiger partial charge in [0.2, 0.25) is 5.91 Å². The minimum atomic E-state index is 0.206. The number of rotatable bonds is 4. The monoisotopic (exact) mass is 248 g/mol. The Hall–Kier alpha value is -1.65. The highest BCUT2D eigenvalue weighted by molar-refractivity contribution is 5.78. The molecule has 0 radical (unpaired) electrons. The van der Waals surface area contributed by atoms with Crippen LogP contribution in [0, 0.1) is 12.8 Å². The van der Waals surface area contributed by atoms with Crippen molar-refractivity contribution in [1.29, 1.82) is 0 Å². The topological polar surface area (TPSA) is 58.1 Å². The van der Waals surface area contributed by atoms with Gasteiger partial charge in [-0.1, -0.05) is 6.92 Å². The van der Waals surface area contributed by atoms with E-state index in [0.717, 1.165) is 24.6 Å². The number of aryl methyl sites for hydroxylation is 1. The van der Waals surface area contributed by atoms with Crippen LogP contribution in [0.1, 0.15) is 31.8 Å². The van der Waals surface area contributed by atoms with Crippen molar-refractivity contribution in [3.8, 4) is 0 Å². The van der Waals surface area contributed by atoms with Gasteiger partial charge in [0.15, 0.2) is 0 Å². The van der Waals surface area contributed by atoms with Crippen molar-refractivity contribution in [2.75, 3.05) is 18.4 Å². The number of aromatic nitrogens is 2. The predicted molar refractivity (Wildman–Crippen MR) is 70.1 cm³/mol. The van der Waals surface area contributed by atoms with Crippen LogP contribution in [0.4, 0.5) is 5.82 Å². The Morgan fingerprint density at radius 2 is 2.28 bits per heavy atom. The predicted octanol–water partition coefficient (Wildman–Crippen LogP) is 1.59. The Kier molecular flexibility index (Phi) is 3.79. The van der Waals surface area contributed by atoms with Crippen LogP contribution in [-0.2, 0) is 11.3 Å². The van der Waals surface area contributed by atoms with Crippen molar-refractivity contribution in [2.45, 2.75) is 33.7 Å². The van der Waals surface area contributed by atoms with Gasteiger partial charge in [0, 0.05) is 31.3 Å². The highest BCUT2D eigenvalue weighted by Gasteiger charge is 2.27. The van der Waals surface area contributed by atoms with E-state index in [1.165, 1.54) is 0 Å². The largest absolute Gasteiger partial charge is 0.370 e. The van der Waals surface area contributed by atoms with E-state index in [2.05, 4.69) is 22.2 Å². The lowest BCUT2D eigenvalue weighted by Crippen LogP contribution is -2.25. The van der Waals surface area contributed by atoms with Gasteiger partial charge in [-0.15, -0.1) is 0 Å². The fraction of sp³-hybridized carbons (Fsp3) is 0.615. The summed E-state index contributed by atoms with van der Waals surface area (Å²) in [5, 5.41) is 3.18. The van der Waals surface area contributed by atoms with Crippen molar-refractivity contribution in [3.05, 3.63) is 17.6 Å². The maximum atomic E-state index is 11.7. The molecular weight excluding hydrogens is 228 g/mol. The average molecular weight is 248 g/mol. The van der Waals surface area contributed by atoms with Gasteiger partial charge in [0.1, 0.15) is 11.6 Å². The molecule has 0 bridgehead atoms. The molecule has 1 atom stereocenters. The second-order valence-corrected chi connectivity index (χ2v) is 4.92. The molecular formula is C13H20N4O. The fourth-order valence-corrected chi connectivity index (χ4v) is 2.27. The van der Waals surface area contributed by atoms with Crippen LogP contribution in [-0.4, -0.2) is 33.9 Å². The molecule has 0 aliphatic carbocycles. The van der Waals surface area contributed by atoms with E-state index < -0.39 is 0 Å². The molecule has 1 fully saturated rings. The highest BCUT2D eigenvalue weighted by Crippen LogP contribution is 2.18. The van der Waals surface area contributed by atoms with E-state index in [4.69, 9.17) is 0 Å². The maximum absolute atomic E-state index is 11.7. The number of carbonyl (C=O) groups excluding carboxylic acids is 1. The molecule has 1 saturated heterocycles. The first kappa shape index (κ1) is 12.8. The smallest absolute Gasteiger partial charge is 0.223 e. The normalized spacial score (nSPS) is 19.4. The van der Waals surface area contributed by atoms with Gasteiger partial charge in [-0.2, -0.15) is 0 Å². The summed E-state index contributed by atoms with van der Waals surface area (Å²) in [5.74, 6) is 2.20. The van der Waals surface area contributed by atoms with Gasteiger partial charge >= 0.3 is 0 Å². The fourth-order valence-electron chi connectivity index (χ4n) is 2.27. The lowest BCUT2D eigenvalue weighted by atomic mass is 10.2. The number of nitrogens with one attached hydrogen (secondary N) is 1. The second kappa shape index (κ2) is 5.33. The summed E-state index contributed by atoms with van der Waals surface area (Å²) in [5.41, 5.74) is 0.927. The summed E-state index contributed by atoms with van der Waals surface area (Å²) < 4.78 is 0. The SMILES string of the molecule is CCNc1cc(C)nc(CN2CC(C)CC2=O)n1. The molecule has 0 spiro atoms. The van der Waals surface area contributed by atoms with Crippen LogP contribution in [0.5, 0.6) is 0 Å². The molecule has 1 aliphatic heterocycles. The summed E-state index contributed by atoms with van der Waals surface area (Å²) in [6.07, 6.45) is 0.645. The zero-order chi connectivity index (χ0) is 13.1. The number of likely N-dealkylation sites (tertiary alicyclic amines) is 1.